The fourth-order valence-electron chi connectivity index (χ4n) is 43.6. The fraction of sp³-hybridized carbons (Fsp3) is 0.887. The number of carbonyl (C=O) groups is 3. The second-order valence-electron chi connectivity index (χ2n) is 60.9. The van der Waals surface area contributed by atoms with Gasteiger partial charge in [-0.15, -0.1) is 0 Å². The van der Waals surface area contributed by atoms with Gasteiger partial charge >= 0.3 is 5.97 Å². The van der Waals surface area contributed by atoms with Crippen molar-refractivity contribution in [1.29, 1.82) is 0 Å². The zero-order valence-electron chi connectivity index (χ0n) is 97.2. The van der Waals surface area contributed by atoms with Gasteiger partial charge in [-0.25, -0.2) is 0 Å². The lowest BCUT2D eigenvalue weighted by Gasteiger charge is -2.63. The van der Waals surface area contributed by atoms with Gasteiger partial charge in [0.05, 0.1) is 49.3 Å². The van der Waals surface area contributed by atoms with E-state index in [1.165, 1.54) is 220 Å². The Balaban J connectivity index is 0.000000116. The first-order chi connectivity index (χ1) is 69.0. The number of aliphatic hydroxyl groups is 6. The van der Waals surface area contributed by atoms with Gasteiger partial charge in [0.2, 0.25) is 0 Å². The zero-order valence-corrected chi connectivity index (χ0v) is 97.2. The number of hydrogen-bond acceptors (Lipinski definition) is 14. The van der Waals surface area contributed by atoms with Crippen LogP contribution in [0, 0.1) is 237 Å². The standard InChI is InChI=1S/C24H38O2.C23H36O3.C23H38O3.C21H34O2.C21H36O2.C21H32O2/c1-14-9-11-24(6)17-10-12-23(5)15(2)7-8-16(23)19(17)21-20(18(24)13-14)25-22(3,4)26-21;1-13-6-7-15-18-16(9-11-22(13,15)4)23(5)10-8-14(24)12-17(23)19-20(18)26-21(2,3)25-19;1-15-8-10-23(5,18(12-15)14-26-17(3)25)21-9-11-22(4)16(2)6-7-20(22)19(21)13-24;1-12-7-9-21(4)15-8-10-20(3)13(2)5-6-14(20)17(15)19(23)18(22)16(21)11-12;2*1-14-7-9-21(4,16(11-14)12-22)19-8-10-20(3)15(2)5-6-18(20)17(19)13-23/h14,16-21H,2,7-13H2,1,3-6H3;14-20,24H,1,6-12H2,2-5H3;15,18-21,24H,2,6-14H2,1,3-5H3;12,14-19,22-23H,2,5-11H2,1,3-4H3;14,16-19,22-23H,2,5-13H2,1,3-4H3;12-14,16-19H,2,5-11H2,1,3-4H3/t14-,16?,17?,18?,19?,20+,21+,23+,24+;14-,15?,16?,17?,18?,19+,20+,22+,23+;15-,18+,19-,20?,21?,22+,23-;12-,14?,15?,16?,17?,18+,19+,20+,21+;2*14-,16+,17-,18?,19?,20+,21-/m000000/s1. The van der Waals surface area contributed by atoms with Crippen molar-refractivity contribution >= 4 is 18.5 Å². The van der Waals surface area contributed by atoms with Gasteiger partial charge in [0.25, 0.3) is 0 Å². The van der Waals surface area contributed by atoms with E-state index in [-0.39, 0.29) is 103 Å². The second-order valence-corrected chi connectivity index (χ2v) is 60.9. The van der Waals surface area contributed by atoms with Crippen molar-refractivity contribution in [1.82, 2.24) is 0 Å². The van der Waals surface area contributed by atoms with Gasteiger partial charge < -0.3 is 63.9 Å². The summed E-state index contributed by atoms with van der Waals surface area (Å²) in [6.45, 7) is 78.5. The third-order valence-corrected chi connectivity index (χ3v) is 53.5. The van der Waals surface area contributed by atoms with Crippen LogP contribution in [-0.2, 0) is 38.1 Å². The molecule has 21 saturated carbocycles. The number of carbonyl (C=O) groups excluding carboxylic acids is 3. The average Bonchev–Trinajstić information content (AvgIpc) is 1.53. The summed E-state index contributed by atoms with van der Waals surface area (Å²) in [6, 6.07) is 0. The normalized spacial score (nSPS) is 53.7. The minimum Gasteiger partial charge on any atom is -0.466 e. The van der Waals surface area contributed by atoms with E-state index >= 15 is 0 Å². The SMILES string of the molecule is C=C1CCC2C3C(CC[C@]12C)[C@@]1(C)CC[C@H](C)CC1[C@@H](O)[C@@H]3O.C=C1CCC2C3C(CC[C@]12C)[C@@]1(C)CC[C@H](C)CC1[C@H]1OC(C)(C)O[C@H]31.C=C1CCC2C3C(CC[C@]12C)[C@@]1(C)CC[C@H](O)CC1[C@H]1OC(C)(C)O[C@H]31.C=C1CCC2[C@H](C=O)C([C@@]3(C)CC[C@H](C)C[C@@H]3C=O)CC[C@]12C.C=C1CCC2[C@H](CO)C([C@@]3(C)CC[C@H](C)C[C@@H]3CO)CC[C@]12C.C=C1CCC2[C@H](CO)C([C@@]3(C)CC[C@H](C)C[C@@H]3COC(C)=O)CC[C@]12C. The lowest BCUT2D eigenvalue weighted by Crippen LogP contribution is -2.63. The first-order valence-electron chi connectivity index (χ1n) is 61.8. The Morgan fingerprint density at radius 3 is 1.03 bits per heavy atom. The molecule has 2 heterocycles. The molecule has 14 nitrogen and oxygen atoms in total. The Hall–Kier alpha value is -3.15. The molecule has 0 aromatic rings. The van der Waals surface area contributed by atoms with Crippen molar-refractivity contribution in [3.05, 3.63) is 72.9 Å². The van der Waals surface area contributed by atoms with Crippen LogP contribution in [0.1, 0.15) is 422 Å². The van der Waals surface area contributed by atoms with Crippen LogP contribution in [0.15, 0.2) is 72.9 Å². The Kier molecular flexibility index (Phi) is 32.1. The molecular weight excluding hydrogens is 1820 g/mol. The molecule has 2 saturated heterocycles. The van der Waals surface area contributed by atoms with E-state index in [0.717, 1.165) is 126 Å². The largest absolute Gasteiger partial charge is 0.466 e. The minimum atomic E-state index is -0.529. The summed E-state index contributed by atoms with van der Waals surface area (Å²) in [7, 11) is 0. The van der Waals surface area contributed by atoms with E-state index in [2.05, 4.69) is 185 Å². The maximum atomic E-state index is 12.1. The van der Waals surface area contributed by atoms with Crippen LogP contribution in [0.5, 0.6) is 0 Å². The molecule has 21 aliphatic carbocycles. The zero-order chi connectivity index (χ0) is 106. The number of aliphatic hydroxyl groups excluding tert-OH is 6. The van der Waals surface area contributed by atoms with Gasteiger partial charge in [-0.3, -0.25) is 4.79 Å². The third kappa shape index (κ3) is 19.0. The van der Waals surface area contributed by atoms with Gasteiger partial charge in [0, 0.05) is 38.6 Å². The van der Waals surface area contributed by atoms with Gasteiger partial charge in [-0.05, 0) is 490 Å². The number of hydrogen-bond donors (Lipinski definition) is 6. The molecule has 23 aliphatic rings. The maximum absolute atomic E-state index is 12.1. The first kappa shape index (κ1) is 113. The van der Waals surface area contributed by atoms with E-state index < -0.39 is 23.8 Å². The van der Waals surface area contributed by atoms with Crippen molar-refractivity contribution in [3.8, 4) is 0 Å². The summed E-state index contributed by atoms with van der Waals surface area (Å²) in [5.74, 6) is 14.2. The maximum Gasteiger partial charge on any atom is 0.302 e. The van der Waals surface area contributed by atoms with Crippen molar-refractivity contribution < 1.29 is 68.7 Å². The number of aldehydes is 2. The van der Waals surface area contributed by atoms with Crippen molar-refractivity contribution in [2.45, 2.75) is 476 Å². The topological polar surface area (TPSA) is 219 Å². The fourth-order valence-corrected chi connectivity index (χ4v) is 43.6. The van der Waals surface area contributed by atoms with Crippen LogP contribution >= 0.6 is 0 Å². The second kappa shape index (κ2) is 41.6. The first-order valence-corrected chi connectivity index (χ1v) is 61.8. The molecule has 2 aliphatic heterocycles. The van der Waals surface area contributed by atoms with Gasteiger partial charge in [-0.2, -0.15) is 0 Å². The highest BCUT2D eigenvalue weighted by atomic mass is 16.8. The van der Waals surface area contributed by atoms with Crippen molar-refractivity contribution in [2.75, 3.05) is 26.4 Å². The molecule has 0 bridgehead atoms. The van der Waals surface area contributed by atoms with Crippen LogP contribution in [-0.4, -0.2) is 130 Å². The highest BCUT2D eigenvalue weighted by Crippen LogP contribution is 2.76. The molecule has 0 aromatic carbocycles. The van der Waals surface area contributed by atoms with Gasteiger partial charge in [0.15, 0.2) is 11.6 Å². The molecule has 48 atom stereocenters. The quantitative estimate of drug-likeness (QED) is 0.0681. The van der Waals surface area contributed by atoms with E-state index in [1.54, 1.807) is 0 Å². The average molecular weight is 2040 g/mol. The number of ether oxygens (including phenoxy) is 5. The molecule has 0 radical (unpaired) electrons. The van der Waals surface area contributed by atoms with Crippen molar-refractivity contribution in [2.24, 2.45) is 237 Å². The van der Waals surface area contributed by atoms with E-state index in [9.17, 15) is 45.0 Å². The van der Waals surface area contributed by atoms with Crippen LogP contribution in [0.3, 0.4) is 0 Å². The van der Waals surface area contributed by atoms with E-state index in [0.29, 0.717) is 173 Å². The predicted octanol–water partition coefficient (Wildman–Crippen LogP) is 29.0. The molecule has 14 heteroatoms. The molecule has 147 heavy (non-hydrogen) atoms. The molecule has 18 unspecified atom stereocenters. The number of rotatable bonds is 10. The summed E-state index contributed by atoms with van der Waals surface area (Å²) < 4.78 is 32.0. The van der Waals surface area contributed by atoms with Crippen LogP contribution < -0.4 is 0 Å². The molecular formula is C133H214O14. The predicted molar refractivity (Wildman–Crippen MR) is 591 cm³/mol. The van der Waals surface area contributed by atoms with Crippen molar-refractivity contribution in [3.63, 3.8) is 0 Å². The van der Waals surface area contributed by atoms with Gasteiger partial charge in [0.1, 0.15) is 12.6 Å². The number of fused-ring (bicyclic) bond motifs is 24. The molecule has 0 amide bonds. The van der Waals surface area contributed by atoms with E-state index in [4.69, 9.17) is 23.7 Å². The highest BCUT2D eigenvalue weighted by Gasteiger charge is 2.73. The minimum absolute atomic E-state index is 0.00505. The smallest absolute Gasteiger partial charge is 0.302 e. The summed E-state index contributed by atoms with van der Waals surface area (Å²) in [6.07, 6.45) is 52.1. The molecule has 23 rings (SSSR count). The van der Waals surface area contributed by atoms with E-state index in [1.807, 2.05) is 0 Å². The highest BCUT2D eigenvalue weighted by molar-refractivity contribution is 5.66. The van der Waals surface area contributed by atoms with Crippen LogP contribution in [0.2, 0.25) is 0 Å². The Bertz CT molecular complexity index is 4670. The molecule has 0 aromatic heterocycles. The molecule has 0 spiro atoms. The monoisotopic (exact) mass is 2040 g/mol. The summed E-state index contributed by atoms with van der Waals surface area (Å²) in [5, 5.41) is 63.2. The molecule has 23 fully saturated rings. The Labute approximate surface area is 893 Å². The summed E-state index contributed by atoms with van der Waals surface area (Å²) >= 11 is 0. The van der Waals surface area contributed by atoms with Crippen LogP contribution in [0.25, 0.3) is 0 Å². The molecule has 830 valence electrons. The number of allylic oxidation sites excluding steroid dienone is 6. The molecule has 6 N–H and O–H groups in total. The summed E-state index contributed by atoms with van der Waals surface area (Å²) in [5.41, 5.74) is 11.3. The summed E-state index contributed by atoms with van der Waals surface area (Å²) in [4.78, 5) is 35.3. The number of esters is 1. The lowest BCUT2D eigenvalue weighted by molar-refractivity contribution is -0.213. The third-order valence-electron chi connectivity index (χ3n) is 53.5. The Morgan fingerprint density at radius 1 is 0.306 bits per heavy atom. The Morgan fingerprint density at radius 2 is 0.619 bits per heavy atom. The van der Waals surface area contributed by atoms with Gasteiger partial charge in [-0.1, -0.05) is 223 Å². The lowest BCUT2D eigenvalue weighted by atomic mass is 9.43. The van der Waals surface area contributed by atoms with Crippen LogP contribution in [0.4, 0.5) is 0 Å².